The number of rotatable bonds is 6. The smallest absolute Gasteiger partial charge is 0.225 e. The van der Waals surface area contributed by atoms with E-state index in [1.54, 1.807) is 9.25 Å². The quantitative estimate of drug-likeness (QED) is 0.343. The van der Waals surface area contributed by atoms with Crippen molar-refractivity contribution in [2.75, 3.05) is 6.61 Å². The first kappa shape index (κ1) is 20.1. The molecule has 3 aromatic heterocycles. The van der Waals surface area contributed by atoms with Crippen molar-refractivity contribution >= 4 is 34.4 Å². The van der Waals surface area contributed by atoms with Crippen LogP contribution >= 0.6 is 23.2 Å². The molecule has 5 rings (SSSR count). The number of aliphatic hydroxyl groups is 1. The number of ether oxygens (including phenoxy) is 2. The lowest BCUT2D eigenvalue weighted by molar-refractivity contribution is -0.0589. The van der Waals surface area contributed by atoms with Crippen molar-refractivity contribution in [3.63, 3.8) is 0 Å². The molecule has 2 fully saturated rings. The van der Waals surface area contributed by atoms with Gasteiger partial charge in [0.05, 0.1) is 18.6 Å². The summed E-state index contributed by atoms with van der Waals surface area (Å²) in [5.41, 5.74) is 1.72. The summed E-state index contributed by atoms with van der Waals surface area (Å²) in [5.74, 6) is 0. The van der Waals surface area contributed by atoms with Gasteiger partial charge in [0.2, 0.25) is 5.28 Å². The summed E-state index contributed by atoms with van der Waals surface area (Å²) >= 11 is 12.1. The highest BCUT2D eigenvalue weighted by Gasteiger charge is 2.54. The molecular formula is C18H21Cl2N7O3. The standard InChI is InChI=1S/C18H21Cl2N7O3/c1-2-3-4-5-9-6-27(25-24-9)10-7-29-14-12(28)17(30-13(10)14)26-8-21-11-15(19)22-18(20)23-16(11)26/h6,8,10,12-14,17,28H,2-5,7H2,1H3/t10-,12+,13+,14+,17+/m0/s1. The summed E-state index contributed by atoms with van der Waals surface area (Å²) in [6.07, 6.45) is 5.19. The summed E-state index contributed by atoms with van der Waals surface area (Å²) in [4.78, 5) is 12.3. The molecule has 0 saturated carbocycles. The minimum Gasteiger partial charge on any atom is -0.386 e. The van der Waals surface area contributed by atoms with Crippen LogP contribution in [0.4, 0.5) is 0 Å². The van der Waals surface area contributed by atoms with E-state index >= 15 is 0 Å². The van der Waals surface area contributed by atoms with Crippen molar-refractivity contribution in [1.82, 2.24) is 34.5 Å². The number of unbranched alkanes of at least 4 members (excludes halogenated alkanes) is 2. The summed E-state index contributed by atoms with van der Waals surface area (Å²) in [5, 5.41) is 19.6. The minimum atomic E-state index is -0.919. The molecule has 2 saturated heterocycles. The number of hydrogen-bond donors (Lipinski definition) is 1. The highest BCUT2D eigenvalue weighted by molar-refractivity contribution is 6.35. The molecule has 0 radical (unpaired) electrons. The monoisotopic (exact) mass is 453 g/mol. The summed E-state index contributed by atoms with van der Waals surface area (Å²) in [6.45, 7) is 2.56. The normalized spacial score (nSPS) is 28.5. The van der Waals surface area contributed by atoms with Gasteiger partial charge in [-0.25, -0.2) is 14.6 Å². The number of nitrogens with zero attached hydrogens (tertiary/aromatic N) is 7. The molecule has 12 heteroatoms. The molecular weight excluding hydrogens is 433 g/mol. The Morgan fingerprint density at radius 3 is 2.93 bits per heavy atom. The molecule has 0 spiro atoms. The Hall–Kier alpha value is -1.85. The fraction of sp³-hybridized carbons (Fsp3) is 0.611. The average molecular weight is 454 g/mol. The van der Waals surface area contributed by atoms with Gasteiger partial charge in [-0.05, 0) is 24.4 Å². The number of fused-ring (bicyclic) bond motifs is 2. The first-order chi connectivity index (χ1) is 14.6. The van der Waals surface area contributed by atoms with Crippen molar-refractivity contribution in [2.24, 2.45) is 0 Å². The highest BCUT2D eigenvalue weighted by atomic mass is 35.5. The van der Waals surface area contributed by atoms with E-state index in [1.165, 1.54) is 6.33 Å². The third-order valence-corrected chi connectivity index (χ3v) is 6.08. The second-order valence-corrected chi connectivity index (χ2v) is 8.30. The molecule has 1 N–H and O–H groups in total. The number of aryl methyl sites for hydroxylation is 1. The zero-order valence-electron chi connectivity index (χ0n) is 16.2. The molecule has 2 aliphatic rings. The molecule has 10 nitrogen and oxygen atoms in total. The number of hydrogen-bond acceptors (Lipinski definition) is 8. The predicted molar refractivity (Wildman–Crippen MR) is 107 cm³/mol. The van der Waals surface area contributed by atoms with Gasteiger partial charge >= 0.3 is 0 Å². The molecule has 3 aromatic rings. The minimum absolute atomic E-state index is 0.00530. The molecule has 160 valence electrons. The van der Waals surface area contributed by atoms with Gasteiger partial charge in [0.25, 0.3) is 0 Å². The van der Waals surface area contributed by atoms with E-state index in [9.17, 15) is 5.11 Å². The van der Waals surface area contributed by atoms with Crippen LogP contribution in [0.5, 0.6) is 0 Å². The van der Waals surface area contributed by atoms with E-state index in [-0.39, 0.29) is 22.6 Å². The van der Waals surface area contributed by atoms with Gasteiger partial charge in [-0.15, -0.1) is 5.10 Å². The number of aromatic nitrogens is 7. The fourth-order valence-electron chi connectivity index (χ4n) is 4.13. The van der Waals surface area contributed by atoms with Crippen molar-refractivity contribution in [3.05, 3.63) is 28.7 Å². The number of imidazole rings is 1. The zero-order valence-corrected chi connectivity index (χ0v) is 17.7. The van der Waals surface area contributed by atoms with E-state index in [4.69, 9.17) is 32.7 Å². The summed E-state index contributed by atoms with van der Waals surface area (Å²) in [7, 11) is 0. The van der Waals surface area contributed by atoms with Crippen molar-refractivity contribution < 1.29 is 14.6 Å². The van der Waals surface area contributed by atoms with E-state index in [2.05, 4.69) is 32.2 Å². The van der Waals surface area contributed by atoms with E-state index in [0.29, 0.717) is 17.8 Å². The summed E-state index contributed by atoms with van der Waals surface area (Å²) in [6, 6.07) is -0.182. The van der Waals surface area contributed by atoms with Gasteiger partial charge in [-0.3, -0.25) is 4.57 Å². The van der Waals surface area contributed by atoms with Gasteiger partial charge < -0.3 is 14.6 Å². The van der Waals surface area contributed by atoms with Crippen molar-refractivity contribution in [1.29, 1.82) is 0 Å². The highest BCUT2D eigenvalue weighted by Crippen LogP contribution is 2.42. The second-order valence-electron chi connectivity index (χ2n) is 7.60. The van der Waals surface area contributed by atoms with E-state index in [1.807, 2.05) is 6.20 Å². The van der Waals surface area contributed by atoms with Crippen molar-refractivity contribution in [3.8, 4) is 0 Å². The lowest BCUT2D eigenvalue weighted by Gasteiger charge is -2.20. The van der Waals surface area contributed by atoms with Gasteiger partial charge in [-0.1, -0.05) is 36.6 Å². The number of halogens is 2. The van der Waals surface area contributed by atoms with Crippen LogP contribution < -0.4 is 0 Å². The Labute approximate surface area is 182 Å². The molecule has 2 aliphatic heterocycles. The van der Waals surface area contributed by atoms with Crippen LogP contribution in [0, 0.1) is 0 Å². The molecule has 30 heavy (non-hydrogen) atoms. The topological polar surface area (TPSA) is 113 Å². The van der Waals surface area contributed by atoms with E-state index < -0.39 is 18.4 Å². The van der Waals surface area contributed by atoms with Gasteiger partial charge in [0, 0.05) is 6.20 Å². The first-order valence-corrected chi connectivity index (χ1v) is 10.7. The molecule has 0 aromatic carbocycles. The Balaban J connectivity index is 1.38. The first-order valence-electron chi connectivity index (χ1n) is 9.98. The Morgan fingerprint density at radius 2 is 2.10 bits per heavy atom. The Kier molecular flexibility index (Phi) is 5.36. The number of aliphatic hydroxyl groups excluding tert-OH is 1. The lowest BCUT2D eigenvalue weighted by Crippen LogP contribution is -2.31. The largest absolute Gasteiger partial charge is 0.386 e. The average Bonchev–Trinajstić information content (AvgIpc) is 3.47. The maximum atomic E-state index is 10.9. The second kappa shape index (κ2) is 8.01. The molecule has 0 unspecified atom stereocenters. The van der Waals surface area contributed by atoms with Crippen LogP contribution in [-0.4, -0.2) is 64.5 Å². The lowest BCUT2D eigenvalue weighted by atomic mass is 10.1. The SMILES string of the molecule is CCCCCc1cn([C@H]2CO[C@@H]3[C@@H](O)[C@H](n4cnc5c(Cl)nc(Cl)nc54)O[C@@H]32)nn1. The molecule has 5 atom stereocenters. The van der Waals surface area contributed by atoms with Crippen LogP contribution in [-0.2, 0) is 15.9 Å². The van der Waals surface area contributed by atoms with Gasteiger partial charge in [0.15, 0.2) is 17.0 Å². The Bertz CT molecular complexity index is 1060. The Morgan fingerprint density at radius 1 is 1.23 bits per heavy atom. The van der Waals surface area contributed by atoms with Crippen molar-refractivity contribution in [2.45, 2.75) is 63.2 Å². The van der Waals surface area contributed by atoms with Gasteiger partial charge in [-0.2, -0.15) is 4.98 Å². The fourth-order valence-corrected chi connectivity index (χ4v) is 4.55. The third-order valence-electron chi connectivity index (χ3n) is 5.65. The molecule has 5 heterocycles. The van der Waals surface area contributed by atoms with Crippen LogP contribution in [0.1, 0.15) is 44.1 Å². The molecule has 0 aliphatic carbocycles. The van der Waals surface area contributed by atoms with Crippen LogP contribution in [0.3, 0.4) is 0 Å². The van der Waals surface area contributed by atoms with E-state index in [0.717, 1.165) is 31.4 Å². The van der Waals surface area contributed by atoms with Crippen LogP contribution in [0.15, 0.2) is 12.5 Å². The summed E-state index contributed by atoms with van der Waals surface area (Å²) < 4.78 is 15.5. The maximum absolute atomic E-state index is 10.9. The van der Waals surface area contributed by atoms with Crippen LogP contribution in [0.2, 0.25) is 10.4 Å². The molecule has 0 amide bonds. The maximum Gasteiger partial charge on any atom is 0.225 e. The predicted octanol–water partition coefficient (Wildman–Crippen LogP) is 2.36. The van der Waals surface area contributed by atoms with Crippen LogP contribution in [0.25, 0.3) is 11.2 Å². The third kappa shape index (κ3) is 3.36. The zero-order chi connectivity index (χ0) is 20.8. The van der Waals surface area contributed by atoms with Gasteiger partial charge in [0.1, 0.15) is 29.9 Å². The molecule has 0 bridgehead atoms.